The van der Waals surface area contributed by atoms with Gasteiger partial charge >= 0.3 is 0 Å². The summed E-state index contributed by atoms with van der Waals surface area (Å²) in [7, 11) is 1.88. The van der Waals surface area contributed by atoms with Gasteiger partial charge in [0.1, 0.15) is 5.82 Å². The Morgan fingerprint density at radius 2 is 2.00 bits per heavy atom. The van der Waals surface area contributed by atoms with E-state index >= 15 is 0 Å². The van der Waals surface area contributed by atoms with E-state index in [1.165, 1.54) is 6.07 Å². The normalized spacial score (nSPS) is 15.1. The summed E-state index contributed by atoms with van der Waals surface area (Å²) in [4.78, 5) is 0. The molecule has 0 aliphatic carbocycles. The Hall–Kier alpha value is -0.890. The summed E-state index contributed by atoms with van der Waals surface area (Å²) >= 11 is 0. The molecule has 2 heteroatoms. The van der Waals surface area contributed by atoms with Gasteiger partial charge < -0.3 is 5.32 Å². The lowest BCUT2D eigenvalue weighted by Crippen LogP contribution is -2.24. The highest BCUT2D eigenvalue weighted by Crippen LogP contribution is 2.25. The lowest BCUT2D eigenvalue weighted by atomic mass is 9.92. The maximum absolute atomic E-state index is 13.5. The van der Waals surface area contributed by atoms with Gasteiger partial charge in [0.2, 0.25) is 0 Å². The number of nitrogens with one attached hydrogen (secondary N) is 1. The first-order chi connectivity index (χ1) is 6.70. The number of rotatable bonds is 4. The molecular formula is C12H18FN. The minimum atomic E-state index is -0.118. The summed E-state index contributed by atoms with van der Waals surface area (Å²) in [5.41, 5.74) is 0.768. The van der Waals surface area contributed by atoms with Crippen LogP contribution in [0.2, 0.25) is 0 Å². The van der Waals surface area contributed by atoms with Crippen LogP contribution in [0.15, 0.2) is 24.3 Å². The van der Waals surface area contributed by atoms with E-state index < -0.39 is 0 Å². The first kappa shape index (κ1) is 11.2. The van der Waals surface area contributed by atoms with Crippen molar-refractivity contribution in [2.24, 2.45) is 5.92 Å². The molecule has 1 rings (SSSR count). The average Bonchev–Trinajstić information content (AvgIpc) is 2.21. The molecule has 0 fully saturated rings. The van der Waals surface area contributed by atoms with Crippen LogP contribution in [0.1, 0.15) is 31.9 Å². The Bertz CT molecular complexity index is 285. The van der Waals surface area contributed by atoms with Crippen molar-refractivity contribution in [3.8, 4) is 0 Å². The highest BCUT2D eigenvalue weighted by atomic mass is 19.1. The van der Waals surface area contributed by atoms with Crippen LogP contribution >= 0.6 is 0 Å². The Morgan fingerprint density at radius 1 is 1.36 bits per heavy atom. The summed E-state index contributed by atoms with van der Waals surface area (Å²) in [6, 6.07) is 7.08. The van der Waals surface area contributed by atoms with Gasteiger partial charge in [-0.3, -0.25) is 0 Å². The van der Waals surface area contributed by atoms with Crippen LogP contribution in [0.5, 0.6) is 0 Å². The van der Waals surface area contributed by atoms with Crippen molar-refractivity contribution in [1.29, 1.82) is 0 Å². The van der Waals surface area contributed by atoms with Gasteiger partial charge in [-0.15, -0.1) is 0 Å². The van der Waals surface area contributed by atoms with Crippen LogP contribution < -0.4 is 5.32 Å². The lowest BCUT2D eigenvalue weighted by molar-refractivity contribution is 0.387. The molecule has 0 spiro atoms. The zero-order valence-corrected chi connectivity index (χ0v) is 9.05. The molecule has 1 aromatic rings. The Morgan fingerprint density at radius 3 is 2.50 bits per heavy atom. The number of hydrogen-bond donors (Lipinski definition) is 1. The minimum Gasteiger partial charge on any atom is -0.313 e. The molecule has 2 atom stereocenters. The third kappa shape index (κ3) is 2.32. The first-order valence-electron chi connectivity index (χ1n) is 5.12. The standard InChI is InChI=1S/C12H18FN/c1-4-9(2)12(14-3)10-7-5-6-8-11(10)13/h5-9,12,14H,4H2,1-3H3. The number of hydrogen-bond acceptors (Lipinski definition) is 1. The largest absolute Gasteiger partial charge is 0.313 e. The van der Waals surface area contributed by atoms with Crippen molar-refractivity contribution in [2.75, 3.05) is 7.05 Å². The van der Waals surface area contributed by atoms with E-state index in [4.69, 9.17) is 0 Å². The van der Waals surface area contributed by atoms with Gasteiger partial charge in [0.25, 0.3) is 0 Å². The number of halogens is 1. The second-order valence-corrected chi connectivity index (χ2v) is 3.67. The van der Waals surface area contributed by atoms with Gasteiger partial charge in [0.15, 0.2) is 0 Å². The molecule has 0 amide bonds. The maximum Gasteiger partial charge on any atom is 0.127 e. The van der Waals surface area contributed by atoms with Gasteiger partial charge in [0.05, 0.1) is 0 Å². The predicted octanol–water partition coefficient (Wildman–Crippen LogP) is 3.13. The highest BCUT2D eigenvalue weighted by Gasteiger charge is 2.18. The monoisotopic (exact) mass is 195 g/mol. The maximum atomic E-state index is 13.5. The highest BCUT2D eigenvalue weighted by molar-refractivity contribution is 5.21. The Kier molecular flexibility index (Phi) is 4.08. The van der Waals surface area contributed by atoms with Gasteiger partial charge in [-0.05, 0) is 19.0 Å². The van der Waals surface area contributed by atoms with E-state index in [2.05, 4.69) is 19.2 Å². The van der Waals surface area contributed by atoms with Crippen molar-refractivity contribution in [3.63, 3.8) is 0 Å². The second-order valence-electron chi connectivity index (χ2n) is 3.67. The smallest absolute Gasteiger partial charge is 0.127 e. The fraction of sp³-hybridized carbons (Fsp3) is 0.500. The second kappa shape index (κ2) is 5.11. The molecule has 0 aromatic heterocycles. The van der Waals surface area contributed by atoms with Crippen molar-refractivity contribution in [2.45, 2.75) is 26.3 Å². The van der Waals surface area contributed by atoms with Crippen molar-refractivity contribution in [3.05, 3.63) is 35.6 Å². The molecule has 14 heavy (non-hydrogen) atoms. The van der Waals surface area contributed by atoms with Crippen LogP contribution in [0.4, 0.5) is 4.39 Å². The van der Waals surface area contributed by atoms with Crippen LogP contribution in [0, 0.1) is 11.7 Å². The average molecular weight is 195 g/mol. The molecule has 0 heterocycles. The van der Waals surface area contributed by atoms with E-state index in [0.717, 1.165) is 12.0 Å². The molecule has 0 radical (unpaired) electrons. The Balaban J connectivity index is 2.94. The molecule has 0 bridgehead atoms. The van der Waals surface area contributed by atoms with Gasteiger partial charge in [-0.25, -0.2) is 4.39 Å². The van der Waals surface area contributed by atoms with Gasteiger partial charge in [-0.1, -0.05) is 38.5 Å². The zero-order valence-electron chi connectivity index (χ0n) is 9.05. The zero-order chi connectivity index (χ0) is 10.6. The molecule has 78 valence electrons. The molecule has 0 aliphatic rings. The van der Waals surface area contributed by atoms with E-state index in [0.29, 0.717) is 5.92 Å². The van der Waals surface area contributed by atoms with Crippen molar-refractivity contribution >= 4 is 0 Å². The fourth-order valence-electron chi connectivity index (χ4n) is 1.71. The number of benzene rings is 1. The molecular weight excluding hydrogens is 177 g/mol. The van der Waals surface area contributed by atoms with E-state index in [9.17, 15) is 4.39 Å². The summed E-state index contributed by atoms with van der Waals surface area (Å²) in [6.45, 7) is 4.25. The Labute approximate surface area is 85.3 Å². The van der Waals surface area contributed by atoms with Gasteiger partial charge in [0, 0.05) is 11.6 Å². The molecule has 0 saturated heterocycles. The minimum absolute atomic E-state index is 0.112. The first-order valence-corrected chi connectivity index (χ1v) is 5.12. The summed E-state index contributed by atoms with van der Waals surface area (Å²) in [5, 5.41) is 3.17. The summed E-state index contributed by atoms with van der Waals surface area (Å²) in [6.07, 6.45) is 1.04. The van der Waals surface area contributed by atoms with Crippen LogP contribution in [0.3, 0.4) is 0 Å². The molecule has 0 aliphatic heterocycles. The molecule has 2 unspecified atom stereocenters. The van der Waals surface area contributed by atoms with Crippen LogP contribution in [-0.4, -0.2) is 7.05 Å². The molecule has 1 N–H and O–H groups in total. The molecule has 1 nitrogen and oxygen atoms in total. The van der Waals surface area contributed by atoms with Gasteiger partial charge in [-0.2, -0.15) is 0 Å². The summed E-state index contributed by atoms with van der Waals surface area (Å²) in [5.74, 6) is 0.323. The molecule has 1 aromatic carbocycles. The quantitative estimate of drug-likeness (QED) is 0.778. The van der Waals surface area contributed by atoms with E-state index in [1.54, 1.807) is 6.07 Å². The SMILES string of the molecule is CCC(C)C(NC)c1ccccc1F. The summed E-state index contributed by atoms with van der Waals surface area (Å²) < 4.78 is 13.5. The topological polar surface area (TPSA) is 12.0 Å². The fourth-order valence-corrected chi connectivity index (χ4v) is 1.71. The van der Waals surface area contributed by atoms with E-state index in [-0.39, 0.29) is 11.9 Å². The van der Waals surface area contributed by atoms with E-state index in [1.807, 2.05) is 19.2 Å². The van der Waals surface area contributed by atoms with Crippen molar-refractivity contribution in [1.82, 2.24) is 5.32 Å². The lowest BCUT2D eigenvalue weighted by Gasteiger charge is -2.23. The third-order valence-electron chi connectivity index (χ3n) is 2.76. The van der Waals surface area contributed by atoms with Crippen molar-refractivity contribution < 1.29 is 4.39 Å². The van der Waals surface area contributed by atoms with Crippen LogP contribution in [0.25, 0.3) is 0 Å². The third-order valence-corrected chi connectivity index (χ3v) is 2.76. The van der Waals surface area contributed by atoms with Crippen LogP contribution in [-0.2, 0) is 0 Å². The predicted molar refractivity (Wildman–Crippen MR) is 57.7 cm³/mol. The molecule has 0 saturated carbocycles.